The SMILES string of the molecule is CCNCC1CCN(C(=O)C(C)C(C)(C)C)CC1. The zero-order chi connectivity index (χ0) is 13.8. The molecule has 18 heavy (non-hydrogen) atoms. The minimum atomic E-state index is 0.0672. The minimum Gasteiger partial charge on any atom is -0.342 e. The molecule has 0 spiro atoms. The van der Waals surface area contributed by atoms with E-state index < -0.39 is 0 Å². The first kappa shape index (κ1) is 15.5. The van der Waals surface area contributed by atoms with Crippen LogP contribution < -0.4 is 5.32 Å². The van der Waals surface area contributed by atoms with Gasteiger partial charge in [-0.3, -0.25) is 4.79 Å². The third kappa shape index (κ3) is 4.27. The Hall–Kier alpha value is -0.570. The average Bonchev–Trinajstić information content (AvgIpc) is 2.34. The van der Waals surface area contributed by atoms with Crippen LogP contribution in [0.5, 0.6) is 0 Å². The summed E-state index contributed by atoms with van der Waals surface area (Å²) in [7, 11) is 0. The largest absolute Gasteiger partial charge is 0.342 e. The third-order valence-corrected chi connectivity index (χ3v) is 4.28. The van der Waals surface area contributed by atoms with Gasteiger partial charge in [0.25, 0.3) is 0 Å². The summed E-state index contributed by atoms with van der Waals surface area (Å²) >= 11 is 0. The second-order valence-electron chi connectivity index (χ2n) is 6.66. The summed E-state index contributed by atoms with van der Waals surface area (Å²) in [5.41, 5.74) is 0.0672. The van der Waals surface area contributed by atoms with Gasteiger partial charge in [-0.2, -0.15) is 0 Å². The van der Waals surface area contributed by atoms with Crippen molar-refractivity contribution in [2.45, 2.75) is 47.5 Å². The Morgan fingerprint density at radius 2 is 1.89 bits per heavy atom. The number of carbonyl (C=O) groups excluding carboxylic acids is 1. The lowest BCUT2D eigenvalue weighted by Gasteiger charge is -2.36. The van der Waals surface area contributed by atoms with Gasteiger partial charge in [-0.25, -0.2) is 0 Å². The number of piperidine rings is 1. The van der Waals surface area contributed by atoms with Gasteiger partial charge >= 0.3 is 0 Å². The van der Waals surface area contributed by atoms with Gasteiger partial charge in [0.2, 0.25) is 5.91 Å². The molecule has 0 aromatic rings. The van der Waals surface area contributed by atoms with Crippen LogP contribution in [0.4, 0.5) is 0 Å². The van der Waals surface area contributed by atoms with Crippen LogP contribution in [0.1, 0.15) is 47.5 Å². The molecule has 1 fully saturated rings. The highest BCUT2D eigenvalue weighted by atomic mass is 16.2. The molecular weight excluding hydrogens is 224 g/mol. The number of nitrogens with one attached hydrogen (secondary N) is 1. The van der Waals surface area contributed by atoms with Crippen molar-refractivity contribution in [1.82, 2.24) is 10.2 Å². The van der Waals surface area contributed by atoms with E-state index in [4.69, 9.17) is 0 Å². The van der Waals surface area contributed by atoms with Crippen LogP contribution >= 0.6 is 0 Å². The van der Waals surface area contributed by atoms with Crippen molar-refractivity contribution in [3.05, 3.63) is 0 Å². The second-order valence-corrected chi connectivity index (χ2v) is 6.66. The van der Waals surface area contributed by atoms with Crippen molar-refractivity contribution in [2.24, 2.45) is 17.3 Å². The summed E-state index contributed by atoms with van der Waals surface area (Å²) in [5.74, 6) is 1.20. The van der Waals surface area contributed by atoms with Crippen LogP contribution in [-0.2, 0) is 4.79 Å². The lowest BCUT2D eigenvalue weighted by molar-refractivity contribution is -0.139. The summed E-state index contributed by atoms with van der Waals surface area (Å²) < 4.78 is 0. The highest BCUT2D eigenvalue weighted by molar-refractivity contribution is 5.79. The Bertz CT molecular complexity index is 262. The first-order chi connectivity index (χ1) is 8.36. The predicted octanol–water partition coefficient (Wildman–Crippen LogP) is 2.52. The standard InChI is InChI=1S/C15H30N2O/c1-6-16-11-13-7-9-17(10-8-13)14(18)12(2)15(3,4)5/h12-13,16H,6-11H2,1-5H3. The lowest BCUT2D eigenvalue weighted by atomic mass is 9.81. The van der Waals surface area contributed by atoms with Crippen LogP contribution in [0.25, 0.3) is 0 Å². The molecule has 0 aromatic carbocycles. The fourth-order valence-corrected chi connectivity index (χ4v) is 2.35. The van der Waals surface area contributed by atoms with E-state index in [0.29, 0.717) is 5.91 Å². The zero-order valence-electron chi connectivity index (χ0n) is 12.8. The smallest absolute Gasteiger partial charge is 0.225 e. The third-order valence-electron chi connectivity index (χ3n) is 4.28. The highest BCUT2D eigenvalue weighted by Gasteiger charge is 2.32. The molecule has 1 aliphatic heterocycles. The van der Waals surface area contributed by atoms with E-state index in [0.717, 1.165) is 44.9 Å². The van der Waals surface area contributed by atoms with Crippen LogP contribution in [0.2, 0.25) is 0 Å². The molecule has 1 amide bonds. The Kier molecular flexibility index (Phi) is 5.64. The van der Waals surface area contributed by atoms with Crippen molar-refractivity contribution in [3.63, 3.8) is 0 Å². The topological polar surface area (TPSA) is 32.3 Å². The van der Waals surface area contributed by atoms with Crippen LogP contribution in [0, 0.1) is 17.3 Å². The van der Waals surface area contributed by atoms with E-state index in [1.165, 1.54) is 0 Å². The Balaban J connectivity index is 2.41. The predicted molar refractivity (Wildman–Crippen MR) is 76.5 cm³/mol. The summed E-state index contributed by atoms with van der Waals surface area (Å²) in [6.45, 7) is 14.7. The van der Waals surface area contributed by atoms with Crippen LogP contribution in [0.15, 0.2) is 0 Å². The summed E-state index contributed by atoms with van der Waals surface area (Å²) in [6, 6.07) is 0. The molecule has 0 radical (unpaired) electrons. The first-order valence-electron chi connectivity index (χ1n) is 7.35. The quantitative estimate of drug-likeness (QED) is 0.836. The van der Waals surface area contributed by atoms with Gasteiger partial charge in [0.1, 0.15) is 0 Å². The van der Waals surface area contributed by atoms with Gasteiger partial charge in [-0.1, -0.05) is 34.6 Å². The second kappa shape index (κ2) is 6.55. The monoisotopic (exact) mass is 254 g/mol. The van der Waals surface area contributed by atoms with Gasteiger partial charge in [0, 0.05) is 19.0 Å². The number of carbonyl (C=O) groups is 1. The maximum Gasteiger partial charge on any atom is 0.225 e. The van der Waals surface area contributed by atoms with Gasteiger partial charge in [0.15, 0.2) is 0 Å². The molecule has 0 aliphatic carbocycles. The van der Waals surface area contributed by atoms with Crippen molar-refractivity contribution >= 4 is 5.91 Å². The number of rotatable bonds is 4. The van der Waals surface area contributed by atoms with Gasteiger partial charge < -0.3 is 10.2 Å². The molecule has 3 heteroatoms. The van der Waals surface area contributed by atoms with Gasteiger partial charge in [-0.15, -0.1) is 0 Å². The fraction of sp³-hybridized carbons (Fsp3) is 0.933. The molecule has 106 valence electrons. The van der Waals surface area contributed by atoms with Crippen molar-refractivity contribution in [2.75, 3.05) is 26.2 Å². The molecule has 0 bridgehead atoms. The summed E-state index contributed by atoms with van der Waals surface area (Å²) in [4.78, 5) is 14.4. The molecule has 3 nitrogen and oxygen atoms in total. The summed E-state index contributed by atoms with van der Waals surface area (Å²) in [5, 5.41) is 3.41. The van der Waals surface area contributed by atoms with E-state index >= 15 is 0 Å². The van der Waals surface area contributed by atoms with E-state index in [1.54, 1.807) is 0 Å². The molecule has 1 atom stereocenters. The molecule has 1 saturated heterocycles. The number of hydrogen-bond acceptors (Lipinski definition) is 2. The van der Waals surface area contributed by atoms with Gasteiger partial charge in [0.05, 0.1) is 0 Å². The number of nitrogens with zero attached hydrogens (tertiary/aromatic N) is 1. The summed E-state index contributed by atoms with van der Waals surface area (Å²) in [6.07, 6.45) is 2.30. The first-order valence-corrected chi connectivity index (χ1v) is 7.35. The zero-order valence-corrected chi connectivity index (χ0v) is 12.8. The van der Waals surface area contributed by atoms with E-state index in [2.05, 4.69) is 44.8 Å². The lowest BCUT2D eigenvalue weighted by Crippen LogP contribution is -2.45. The Morgan fingerprint density at radius 1 is 1.33 bits per heavy atom. The normalized spacial score (nSPS) is 19.9. The molecular formula is C15H30N2O. The van der Waals surface area contributed by atoms with E-state index in [-0.39, 0.29) is 11.3 Å². The van der Waals surface area contributed by atoms with Crippen LogP contribution in [0.3, 0.4) is 0 Å². The van der Waals surface area contributed by atoms with Gasteiger partial charge in [-0.05, 0) is 37.3 Å². The molecule has 1 heterocycles. The molecule has 1 aliphatic rings. The highest BCUT2D eigenvalue weighted by Crippen LogP contribution is 2.28. The van der Waals surface area contributed by atoms with Crippen molar-refractivity contribution in [1.29, 1.82) is 0 Å². The van der Waals surface area contributed by atoms with Crippen molar-refractivity contribution in [3.8, 4) is 0 Å². The Labute approximate surface area is 112 Å². The maximum absolute atomic E-state index is 12.4. The fourth-order valence-electron chi connectivity index (χ4n) is 2.35. The molecule has 1 rings (SSSR count). The molecule has 1 unspecified atom stereocenters. The van der Waals surface area contributed by atoms with Crippen molar-refractivity contribution < 1.29 is 4.79 Å². The molecule has 1 N–H and O–H groups in total. The Morgan fingerprint density at radius 3 is 2.33 bits per heavy atom. The number of likely N-dealkylation sites (tertiary alicyclic amines) is 1. The average molecular weight is 254 g/mol. The minimum absolute atomic E-state index is 0.0672. The van der Waals surface area contributed by atoms with Crippen LogP contribution in [-0.4, -0.2) is 37.0 Å². The number of amides is 1. The molecule has 0 saturated carbocycles. The maximum atomic E-state index is 12.4. The molecule has 0 aromatic heterocycles. The van der Waals surface area contributed by atoms with E-state index in [9.17, 15) is 4.79 Å². The van der Waals surface area contributed by atoms with E-state index in [1.807, 2.05) is 0 Å². The number of hydrogen-bond donors (Lipinski definition) is 1.